The van der Waals surface area contributed by atoms with Gasteiger partial charge in [-0.1, -0.05) is 24.3 Å². The fraction of sp³-hybridized carbons (Fsp3) is 0.158. The number of hydrogen-bond acceptors (Lipinski definition) is 4. The number of ether oxygens (including phenoxy) is 2. The fourth-order valence-corrected chi connectivity index (χ4v) is 2.11. The lowest BCUT2D eigenvalue weighted by Gasteiger charge is -2.05. The van der Waals surface area contributed by atoms with Crippen LogP contribution in [0.15, 0.2) is 54.6 Å². The molecule has 1 amide bonds. The molecule has 5 nitrogen and oxygen atoms in total. The van der Waals surface area contributed by atoms with Crippen molar-refractivity contribution in [3.8, 4) is 0 Å². The molecule has 2 aromatic rings. The van der Waals surface area contributed by atoms with E-state index in [-0.39, 0.29) is 11.9 Å². The summed E-state index contributed by atoms with van der Waals surface area (Å²) in [6, 6.07) is 14.3. The number of carbonyl (C=O) groups excluding carboxylic acids is 2. The predicted molar refractivity (Wildman–Crippen MR) is 92.6 cm³/mol. The lowest BCUT2D eigenvalue weighted by Crippen LogP contribution is -2.08. The van der Waals surface area contributed by atoms with Gasteiger partial charge in [-0.05, 0) is 41.5 Å². The Morgan fingerprint density at radius 3 is 2.50 bits per heavy atom. The van der Waals surface area contributed by atoms with Crippen LogP contribution in [0.1, 0.15) is 21.5 Å². The second-order valence-corrected chi connectivity index (χ2v) is 5.07. The molecule has 0 unspecified atom stereocenters. The first-order valence-corrected chi connectivity index (χ1v) is 7.37. The highest BCUT2D eigenvalue weighted by Gasteiger charge is 2.03. The molecule has 124 valence electrons. The molecule has 0 atom stereocenters. The first kappa shape index (κ1) is 17.4. The molecule has 0 aliphatic rings. The Bertz CT molecular complexity index is 735. The largest absolute Gasteiger partial charge is 0.465 e. The quantitative estimate of drug-likeness (QED) is 0.654. The topological polar surface area (TPSA) is 64.6 Å². The summed E-state index contributed by atoms with van der Waals surface area (Å²) in [7, 11) is 2.96. The van der Waals surface area contributed by atoms with Crippen molar-refractivity contribution in [2.75, 3.05) is 19.5 Å². The van der Waals surface area contributed by atoms with Gasteiger partial charge in [0.2, 0.25) is 5.91 Å². The second-order valence-electron chi connectivity index (χ2n) is 5.07. The third-order valence-corrected chi connectivity index (χ3v) is 3.26. The summed E-state index contributed by atoms with van der Waals surface area (Å²) in [6.45, 7) is 0.492. The summed E-state index contributed by atoms with van der Waals surface area (Å²) in [6.07, 6.45) is 3.12. The number of esters is 1. The van der Waals surface area contributed by atoms with Crippen molar-refractivity contribution in [2.45, 2.75) is 6.61 Å². The number of benzene rings is 2. The van der Waals surface area contributed by atoms with Crippen LogP contribution in [0.3, 0.4) is 0 Å². The van der Waals surface area contributed by atoms with E-state index in [2.05, 4.69) is 10.1 Å². The van der Waals surface area contributed by atoms with Crippen molar-refractivity contribution < 1.29 is 19.1 Å². The van der Waals surface area contributed by atoms with Crippen LogP contribution >= 0.6 is 0 Å². The highest BCUT2D eigenvalue weighted by atomic mass is 16.5. The maximum absolute atomic E-state index is 12.0. The minimum Gasteiger partial charge on any atom is -0.465 e. The standard InChI is InChI=1S/C19H19NO4/c1-23-13-15-4-3-5-17(12-15)20-18(21)11-8-14-6-9-16(10-7-14)19(22)24-2/h3-12H,13H2,1-2H3,(H,20,21)/b11-8+. The summed E-state index contributed by atoms with van der Waals surface area (Å²) in [5.74, 6) is -0.624. The Kier molecular flexibility index (Phi) is 6.28. The normalized spacial score (nSPS) is 10.6. The van der Waals surface area contributed by atoms with Gasteiger partial charge in [0.25, 0.3) is 0 Å². The van der Waals surface area contributed by atoms with E-state index in [0.717, 1.165) is 11.1 Å². The number of amides is 1. The molecule has 0 saturated heterocycles. The molecule has 0 aliphatic carbocycles. The van der Waals surface area contributed by atoms with Gasteiger partial charge in [0.05, 0.1) is 19.3 Å². The fourth-order valence-electron chi connectivity index (χ4n) is 2.11. The molecule has 0 aromatic heterocycles. The van der Waals surface area contributed by atoms with Gasteiger partial charge >= 0.3 is 5.97 Å². The summed E-state index contributed by atoms with van der Waals surface area (Å²) in [5, 5.41) is 2.79. The first-order valence-electron chi connectivity index (χ1n) is 7.37. The Morgan fingerprint density at radius 1 is 1.08 bits per heavy atom. The molecule has 0 radical (unpaired) electrons. The molecule has 2 aromatic carbocycles. The third-order valence-electron chi connectivity index (χ3n) is 3.26. The molecule has 0 spiro atoms. The van der Waals surface area contributed by atoms with E-state index in [1.165, 1.54) is 13.2 Å². The van der Waals surface area contributed by atoms with Gasteiger partial charge in [-0.3, -0.25) is 4.79 Å². The van der Waals surface area contributed by atoms with Crippen LogP contribution in [0.25, 0.3) is 6.08 Å². The van der Waals surface area contributed by atoms with Crippen LogP contribution < -0.4 is 5.32 Å². The molecule has 0 bridgehead atoms. The molecular weight excluding hydrogens is 306 g/mol. The van der Waals surface area contributed by atoms with Crippen LogP contribution in [0.2, 0.25) is 0 Å². The number of hydrogen-bond donors (Lipinski definition) is 1. The van der Waals surface area contributed by atoms with E-state index in [1.54, 1.807) is 37.5 Å². The predicted octanol–water partition coefficient (Wildman–Crippen LogP) is 3.27. The number of methoxy groups -OCH3 is 2. The molecule has 0 heterocycles. The van der Waals surface area contributed by atoms with Crippen molar-refractivity contribution in [1.82, 2.24) is 0 Å². The zero-order valence-corrected chi connectivity index (χ0v) is 13.6. The van der Waals surface area contributed by atoms with Crippen molar-refractivity contribution in [2.24, 2.45) is 0 Å². The minimum atomic E-state index is -0.390. The Morgan fingerprint density at radius 2 is 1.83 bits per heavy atom. The van der Waals surface area contributed by atoms with Gasteiger partial charge in [0.1, 0.15) is 0 Å². The molecular formula is C19H19NO4. The van der Waals surface area contributed by atoms with E-state index in [4.69, 9.17) is 4.74 Å². The van der Waals surface area contributed by atoms with Crippen molar-refractivity contribution >= 4 is 23.6 Å². The number of anilines is 1. The van der Waals surface area contributed by atoms with Gasteiger partial charge in [-0.15, -0.1) is 0 Å². The molecule has 0 saturated carbocycles. The zero-order chi connectivity index (χ0) is 17.4. The van der Waals surface area contributed by atoms with E-state index in [0.29, 0.717) is 17.9 Å². The lowest BCUT2D eigenvalue weighted by atomic mass is 10.1. The third kappa shape index (κ3) is 5.07. The van der Waals surface area contributed by atoms with Crippen LogP contribution in [0, 0.1) is 0 Å². The number of nitrogens with one attached hydrogen (secondary N) is 1. The van der Waals surface area contributed by atoms with Crippen molar-refractivity contribution in [1.29, 1.82) is 0 Å². The smallest absolute Gasteiger partial charge is 0.337 e. The summed E-state index contributed by atoms with van der Waals surface area (Å²) in [5.41, 5.74) is 2.97. The maximum Gasteiger partial charge on any atom is 0.337 e. The average Bonchev–Trinajstić information content (AvgIpc) is 2.60. The number of carbonyl (C=O) groups is 2. The SMILES string of the molecule is COCc1cccc(NC(=O)/C=C/c2ccc(C(=O)OC)cc2)c1. The van der Waals surface area contributed by atoms with E-state index in [1.807, 2.05) is 24.3 Å². The summed E-state index contributed by atoms with van der Waals surface area (Å²) < 4.78 is 9.71. The van der Waals surface area contributed by atoms with E-state index < -0.39 is 0 Å². The van der Waals surface area contributed by atoms with E-state index in [9.17, 15) is 9.59 Å². The van der Waals surface area contributed by atoms with Gasteiger partial charge in [-0.25, -0.2) is 4.79 Å². The molecule has 24 heavy (non-hydrogen) atoms. The monoisotopic (exact) mass is 325 g/mol. The van der Waals surface area contributed by atoms with Gasteiger partial charge in [0, 0.05) is 18.9 Å². The molecule has 0 aliphatic heterocycles. The Labute approximate surface area is 140 Å². The summed E-state index contributed by atoms with van der Waals surface area (Å²) >= 11 is 0. The highest BCUT2D eigenvalue weighted by molar-refractivity contribution is 6.02. The van der Waals surface area contributed by atoms with Crippen LogP contribution in [0.5, 0.6) is 0 Å². The average molecular weight is 325 g/mol. The van der Waals surface area contributed by atoms with Crippen molar-refractivity contribution in [3.63, 3.8) is 0 Å². The maximum atomic E-state index is 12.0. The van der Waals surface area contributed by atoms with Crippen LogP contribution in [-0.2, 0) is 20.9 Å². The minimum absolute atomic E-state index is 0.235. The van der Waals surface area contributed by atoms with Gasteiger partial charge in [0.15, 0.2) is 0 Å². The molecule has 2 rings (SSSR count). The Balaban J connectivity index is 1.97. The van der Waals surface area contributed by atoms with Gasteiger partial charge in [-0.2, -0.15) is 0 Å². The Hall–Kier alpha value is -2.92. The van der Waals surface area contributed by atoms with Crippen LogP contribution in [-0.4, -0.2) is 26.1 Å². The summed E-state index contributed by atoms with van der Waals surface area (Å²) in [4.78, 5) is 23.3. The first-order chi connectivity index (χ1) is 11.6. The zero-order valence-electron chi connectivity index (χ0n) is 13.6. The lowest BCUT2D eigenvalue weighted by molar-refractivity contribution is -0.111. The van der Waals surface area contributed by atoms with Gasteiger partial charge < -0.3 is 14.8 Å². The van der Waals surface area contributed by atoms with E-state index >= 15 is 0 Å². The molecule has 5 heteroatoms. The second kappa shape index (κ2) is 8.64. The van der Waals surface area contributed by atoms with Crippen molar-refractivity contribution in [3.05, 3.63) is 71.3 Å². The van der Waals surface area contributed by atoms with Crippen LogP contribution in [0.4, 0.5) is 5.69 Å². The molecule has 0 fully saturated rings. The highest BCUT2D eigenvalue weighted by Crippen LogP contribution is 2.12. The number of rotatable bonds is 6. The molecule has 1 N–H and O–H groups in total.